The minimum Gasteiger partial charge on any atom is -0.494 e. The van der Waals surface area contributed by atoms with Crippen molar-refractivity contribution in [2.45, 2.75) is 57.7 Å². The summed E-state index contributed by atoms with van der Waals surface area (Å²) in [6.07, 6.45) is 1.43. The zero-order chi connectivity index (χ0) is 23.8. The molecule has 0 bridgehead atoms. The smallest absolute Gasteiger partial charge is 0.416 e. The molecule has 178 valence electrons. The Kier molecular flexibility index (Phi) is 8.36. The lowest BCUT2D eigenvalue weighted by Crippen LogP contribution is -2.35. The molecule has 0 aliphatic carbocycles. The first-order chi connectivity index (χ1) is 15.7. The normalized spacial score (nSPS) is 18.5. The van der Waals surface area contributed by atoms with Gasteiger partial charge >= 0.3 is 6.18 Å². The second kappa shape index (κ2) is 11.2. The van der Waals surface area contributed by atoms with Crippen molar-refractivity contribution in [2.75, 3.05) is 6.61 Å². The SMILES string of the molecule is Cc1ccc(OCCCCCCCC2C(N)=NC(N)=NC2c2ccc(C(F)(F)F)cc2)cc1. The molecule has 0 radical (unpaired) electrons. The molecule has 33 heavy (non-hydrogen) atoms. The molecule has 0 spiro atoms. The number of hydrogen-bond donors (Lipinski definition) is 2. The van der Waals surface area contributed by atoms with Gasteiger partial charge in [0.05, 0.1) is 18.2 Å². The van der Waals surface area contributed by atoms with Gasteiger partial charge in [-0.15, -0.1) is 0 Å². The van der Waals surface area contributed by atoms with Gasteiger partial charge in [-0.1, -0.05) is 55.5 Å². The molecule has 5 nitrogen and oxygen atoms in total. The van der Waals surface area contributed by atoms with E-state index >= 15 is 0 Å². The number of nitrogens with two attached hydrogens (primary N) is 2. The number of aliphatic imine (C=N–C) groups is 2. The molecule has 0 saturated carbocycles. The van der Waals surface area contributed by atoms with E-state index in [1.807, 2.05) is 31.2 Å². The third kappa shape index (κ3) is 7.23. The van der Waals surface area contributed by atoms with Crippen LogP contribution >= 0.6 is 0 Å². The second-order valence-electron chi connectivity index (χ2n) is 8.41. The maximum Gasteiger partial charge on any atom is 0.416 e. The van der Waals surface area contributed by atoms with Crippen LogP contribution in [0.4, 0.5) is 13.2 Å². The van der Waals surface area contributed by atoms with Gasteiger partial charge in [0.25, 0.3) is 0 Å². The molecular weight excluding hydrogens is 429 g/mol. The van der Waals surface area contributed by atoms with Crippen molar-refractivity contribution in [3.8, 4) is 5.75 Å². The van der Waals surface area contributed by atoms with Crippen molar-refractivity contribution in [1.82, 2.24) is 0 Å². The zero-order valence-corrected chi connectivity index (χ0v) is 18.8. The lowest BCUT2D eigenvalue weighted by atomic mass is 9.87. The van der Waals surface area contributed by atoms with Gasteiger partial charge in [0, 0.05) is 5.92 Å². The van der Waals surface area contributed by atoms with Crippen LogP contribution < -0.4 is 16.2 Å². The molecule has 0 saturated heterocycles. The van der Waals surface area contributed by atoms with Crippen molar-refractivity contribution in [2.24, 2.45) is 27.4 Å². The number of guanidine groups is 1. The van der Waals surface area contributed by atoms with E-state index in [1.165, 1.54) is 17.7 Å². The number of ether oxygens (including phenoxy) is 1. The Hall–Kier alpha value is -3.03. The molecule has 2 aromatic rings. The van der Waals surface area contributed by atoms with Crippen LogP contribution in [0.3, 0.4) is 0 Å². The van der Waals surface area contributed by atoms with E-state index in [0.717, 1.165) is 56.4 Å². The van der Waals surface area contributed by atoms with E-state index in [9.17, 15) is 13.2 Å². The first-order valence-electron chi connectivity index (χ1n) is 11.3. The Bertz CT molecular complexity index is 953. The molecule has 4 N–H and O–H groups in total. The topological polar surface area (TPSA) is 86.0 Å². The Labute approximate surface area is 192 Å². The van der Waals surface area contributed by atoms with E-state index in [-0.39, 0.29) is 11.9 Å². The van der Waals surface area contributed by atoms with Gasteiger partial charge < -0.3 is 16.2 Å². The minimum absolute atomic E-state index is 0.0576. The lowest BCUT2D eigenvalue weighted by molar-refractivity contribution is -0.137. The molecule has 1 heterocycles. The van der Waals surface area contributed by atoms with Gasteiger partial charge in [-0.25, -0.2) is 9.98 Å². The highest BCUT2D eigenvalue weighted by atomic mass is 19.4. The molecule has 2 atom stereocenters. The Morgan fingerprint density at radius 3 is 2.18 bits per heavy atom. The van der Waals surface area contributed by atoms with Crippen LogP contribution in [-0.2, 0) is 6.18 Å². The fraction of sp³-hybridized carbons (Fsp3) is 0.440. The molecular formula is C25H31F3N4O. The van der Waals surface area contributed by atoms with Crippen molar-refractivity contribution in [1.29, 1.82) is 0 Å². The summed E-state index contributed by atoms with van der Waals surface area (Å²) >= 11 is 0. The van der Waals surface area contributed by atoms with E-state index in [1.54, 1.807) is 0 Å². The lowest BCUT2D eigenvalue weighted by Gasteiger charge is -2.27. The standard InChI is InChI=1S/C25H31F3N4O/c1-17-8-14-20(15-9-17)33-16-6-4-2-3-5-7-21-22(31-24(30)32-23(21)29)18-10-12-19(13-11-18)25(26,27)28/h8-15,21-22H,2-7,16H2,1H3,(H4,29,30,31,32). The summed E-state index contributed by atoms with van der Waals surface area (Å²) < 4.78 is 44.4. The van der Waals surface area contributed by atoms with E-state index in [2.05, 4.69) is 9.98 Å². The summed E-state index contributed by atoms with van der Waals surface area (Å²) in [6.45, 7) is 2.73. The summed E-state index contributed by atoms with van der Waals surface area (Å²) in [5.41, 5.74) is 13.1. The molecule has 0 fully saturated rings. The van der Waals surface area contributed by atoms with Crippen molar-refractivity contribution in [3.63, 3.8) is 0 Å². The Balaban J connectivity index is 1.44. The molecule has 2 aromatic carbocycles. The predicted molar refractivity (Wildman–Crippen MR) is 125 cm³/mol. The van der Waals surface area contributed by atoms with Crippen LogP contribution in [0.15, 0.2) is 58.5 Å². The van der Waals surface area contributed by atoms with E-state index in [4.69, 9.17) is 16.2 Å². The number of amidine groups is 1. The molecule has 1 aliphatic heterocycles. The molecule has 0 amide bonds. The van der Waals surface area contributed by atoms with Crippen LogP contribution in [0, 0.1) is 12.8 Å². The highest BCUT2D eigenvalue weighted by Crippen LogP contribution is 2.35. The van der Waals surface area contributed by atoms with Gasteiger partial charge in [0.15, 0.2) is 0 Å². The fourth-order valence-electron chi connectivity index (χ4n) is 3.94. The quantitative estimate of drug-likeness (QED) is 0.441. The molecule has 0 aromatic heterocycles. The number of nitrogens with zero attached hydrogens (tertiary/aromatic N) is 2. The Morgan fingerprint density at radius 1 is 0.879 bits per heavy atom. The second-order valence-corrected chi connectivity index (χ2v) is 8.41. The first-order valence-corrected chi connectivity index (χ1v) is 11.3. The molecule has 1 aliphatic rings. The summed E-state index contributed by atoms with van der Waals surface area (Å²) in [6, 6.07) is 12.6. The van der Waals surface area contributed by atoms with Crippen LogP contribution in [0.25, 0.3) is 0 Å². The number of aryl methyl sites for hydroxylation is 1. The van der Waals surface area contributed by atoms with Crippen LogP contribution in [0.1, 0.15) is 61.3 Å². The van der Waals surface area contributed by atoms with Crippen molar-refractivity contribution in [3.05, 3.63) is 65.2 Å². The van der Waals surface area contributed by atoms with Crippen LogP contribution in [0.2, 0.25) is 0 Å². The number of rotatable bonds is 10. The molecule has 3 rings (SSSR count). The summed E-state index contributed by atoms with van der Waals surface area (Å²) in [5.74, 6) is 1.15. The monoisotopic (exact) mass is 460 g/mol. The van der Waals surface area contributed by atoms with Gasteiger partial charge in [-0.2, -0.15) is 13.2 Å². The summed E-state index contributed by atoms with van der Waals surface area (Å²) in [4.78, 5) is 8.47. The van der Waals surface area contributed by atoms with E-state index < -0.39 is 17.8 Å². The van der Waals surface area contributed by atoms with Gasteiger partial charge in [0.1, 0.15) is 11.6 Å². The summed E-state index contributed by atoms with van der Waals surface area (Å²) in [7, 11) is 0. The number of hydrogen-bond acceptors (Lipinski definition) is 5. The first kappa shape index (κ1) is 24.6. The average Bonchev–Trinajstić information content (AvgIpc) is 2.77. The summed E-state index contributed by atoms with van der Waals surface area (Å²) in [5, 5.41) is 0. The predicted octanol–water partition coefficient (Wildman–Crippen LogP) is 5.78. The number of alkyl halides is 3. The van der Waals surface area contributed by atoms with Crippen molar-refractivity contribution >= 4 is 11.8 Å². The maximum absolute atomic E-state index is 12.9. The fourth-order valence-corrected chi connectivity index (χ4v) is 3.94. The maximum atomic E-state index is 12.9. The van der Waals surface area contributed by atoms with Crippen LogP contribution in [-0.4, -0.2) is 18.4 Å². The van der Waals surface area contributed by atoms with Gasteiger partial charge in [-0.05, 0) is 49.6 Å². The van der Waals surface area contributed by atoms with Crippen molar-refractivity contribution < 1.29 is 17.9 Å². The molecule has 2 unspecified atom stereocenters. The third-order valence-corrected chi connectivity index (χ3v) is 5.80. The molecule has 8 heteroatoms. The third-order valence-electron chi connectivity index (χ3n) is 5.80. The zero-order valence-electron chi connectivity index (χ0n) is 18.8. The number of unbranched alkanes of at least 4 members (excludes halogenated alkanes) is 4. The Morgan fingerprint density at radius 2 is 1.52 bits per heavy atom. The van der Waals surface area contributed by atoms with E-state index in [0.29, 0.717) is 18.0 Å². The highest BCUT2D eigenvalue weighted by Gasteiger charge is 2.32. The number of benzene rings is 2. The van der Waals surface area contributed by atoms with Gasteiger partial charge in [-0.3, -0.25) is 0 Å². The number of halogens is 3. The largest absolute Gasteiger partial charge is 0.494 e. The highest BCUT2D eigenvalue weighted by molar-refractivity contribution is 5.98. The van der Waals surface area contributed by atoms with Crippen LogP contribution in [0.5, 0.6) is 5.75 Å². The van der Waals surface area contributed by atoms with Gasteiger partial charge in [0.2, 0.25) is 5.96 Å². The average molecular weight is 461 g/mol. The minimum atomic E-state index is -4.38.